The van der Waals surface area contributed by atoms with Gasteiger partial charge in [0.1, 0.15) is 5.52 Å². The summed E-state index contributed by atoms with van der Waals surface area (Å²) in [5.74, 6) is 0.741. The number of hydrogen-bond acceptors (Lipinski definition) is 7. The fourth-order valence-electron chi connectivity index (χ4n) is 4.85. The van der Waals surface area contributed by atoms with Gasteiger partial charge in [0.25, 0.3) is 0 Å². The van der Waals surface area contributed by atoms with Crippen LogP contribution >= 0.6 is 11.3 Å². The molecule has 0 saturated carbocycles. The fourth-order valence-corrected chi connectivity index (χ4v) is 5.83. The van der Waals surface area contributed by atoms with Gasteiger partial charge >= 0.3 is 6.03 Å². The summed E-state index contributed by atoms with van der Waals surface area (Å²) in [6, 6.07) is -0.0884. The second kappa shape index (κ2) is 8.37. The first-order valence-corrected chi connectivity index (χ1v) is 11.7. The van der Waals surface area contributed by atoms with Crippen molar-refractivity contribution in [3.63, 3.8) is 0 Å². The molecule has 0 radical (unpaired) electrons. The molecule has 9 heteroatoms. The van der Waals surface area contributed by atoms with Crippen LogP contribution in [0.3, 0.4) is 0 Å². The maximum absolute atomic E-state index is 13.0. The van der Waals surface area contributed by atoms with Crippen molar-refractivity contribution in [3.8, 4) is 5.88 Å². The number of ether oxygens (including phenoxy) is 3. The van der Waals surface area contributed by atoms with Gasteiger partial charge in [-0.25, -0.2) is 14.8 Å². The fraction of sp³-hybridized carbons (Fsp3) is 0.591. The zero-order valence-corrected chi connectivity index (χ0v) is 18.8. The van der Waals surface area contributed by atoms with Crippen molar-refractivity contribution in [2.24, 2.45) is 11.3 Å². The Balaban J connectivity index is 1.40. The van der Waals surface area contributed by atoms with Gasteiger partial charge in [0.2, 0.25) is 5.88 Å². The van der Waals surface area contributed by atoms with Crippen LogP contribution in [0.5, 0.6) is 5.88 Å². The number of pyridine rings is 1. The van der Waals surface area contributed by atoms with Gasteiger partial charge in [0.15, 0.2) is 5.13 Å². The van der Waals surface area contributed by atoms with E-state index in [0.717, 1.165) is 55.8 Å². The molecule has 166 valence electrons. The van der Waals surface area contributed by atoms with Crippen LogP contribution in [0.15, 0.2) is 12.3 Å². The molecule has 2 fully saturated rings. The van der Waals surface area contributed by atoms with Gasteiger partial charge in [-0.15, -0.1) is 0 Å². The molecule has 1 unspecified atom stereocenters. The van der Waals surface area contributed by atoms with Gasteiger partial charge in [0, 0.05) is 44.0 Å². The number of amides is 2. The van der Waals surface area contributed by atoms with Crippen molar-refractivity contribution in [1.82, 2.24) is 14.9 Å². The lowest BCUT2D eigenvalue weighted by atomic mass is 9.80. The van der Waals surface area contributed by atoms with E-state index in [1.165, 1.54) is 16.9 Å². The van der Waals surface area contributed by atoms with Crippen molar-refractivity contribution in [1.29, 1.82) is 0 Å². The number of thiazole rings is 1. The molecule has 5 rings (SSSR count). The van der Waals surface area contributed by atoms with Gasteiger partial charge in [-0.05, 0) is 30.3 Å². The largest absolute Gasteiger partial charge is 0.479 e. The molecule has 2 aromatic rings. The topological polar surface area (TPSA) is 85.8 Å². The maximum atomic E-state index is 13.0. The number of aromatic nitrogens is 2. The minimum atomic E-state index is -0.0884. The molecule has 2 aromatic heterocycles. The van der Waals surface area contributed by atoms with E-state index in [4.69, 9.17) is 14.2 Å². The molecule has 1 N–H and O–H groups in total. The molecule has 3 aliphatic rings. The number of methoxy groups -OCH3 is 1. The highest BCUT2D eigenvalue weighted by atomic mass is 32.1. The summed E-state index contributed by atoms with van der Waals surface area (Å²) < 4.78 is 17.5. The van der Waals surface area contributed by atoms with E-state index < -0.39 is 0 Å². The van der Waals surface area contributed by atoms with Crippen LogP contribution in [0.1, 0.15) is 31.7 Å². The Hall–Kier alpha value is -2.23. The van der Waals surface area contributed by atoms with Crippen molar-refractivity contribution >= 4 is 38.3 Å². The number of likely N-dealkylation sites (tertiary alicyclic amines) is 1. The summed E-state index contributed by atoms with van der Waals surface area (Å²) in [7, 11) is 1.59. The zero-order valence-electron chi connectivity index (χ0n) is 18.0. The van der Waals surface area contributed by atoms with Crippen molar-refractivity contribution in [2.45, 2.75) is 26.2 Å². The third-order valence-electron chi connectivity index (χ3n) is 6.70. The second-order valence-corrected chi connectivity index (χ2v) is 9.69. The number of urea groups is 1. The third kappa shape index (κ3) is 3.90. The Morgan fingerprint density at radius 1 is 1.32 bits per heavy atom. The van der Waals surface area contributed by atoms with E-state index >= 15 is 0 Å². The van der Waals surface area contributed by atoms with E-state index in [0.29, 0.717) is 29.7 Å². The predicted octanol–water partition coefficient (Wildman–Crippen LogP) is 3.78. The molecule has 1 spiro atoms. The lowest BCUT2D eigenvalue weighted by molar-refractivity contribution is 0.0211. The van der Waals surface area contributed by atoms with Crippen LogP contribution in [0.25, 0.3) is 15.8 Å². The summed E-state index contributed by atoms with van der Waals surface area (Å²) in [6.45, 7) is 6.57. The number of anilines is 1. The first-order valence-electron chi connectivity index (χ1n) is 10.8. The van der Waals surface area contributed by atoms with Gasteiger partial charge in [-0.2, -0.15) is 0 Å². The monoisotopic (exact) mass is 444 g/mol. The first-order chi connectivity index (χ1) is 15.1. The summed E-state index contributed by atoms with van der Waals surface area (Å²) in [5, 5.41) is 3.59. The SMILES string of the molecule is COc1ncc(C2=CCOCC2C)c2sc(NC(=O)N3CCC4(CCOCC4)C3)nc12. The lowest BCUT2D eigenvalue weighted by Crippen LogP contribution is -2.37. The van der Waals surface area contributed by atoms with Crippen LogP contribution in [0.2, 0.25) is 0 Å². The number of nitrogens with zero attached hydrogens (tertiary/aromatic N) is 3. The van der Waals surface area contributed by atoms with Crippen LogP contribution in [0, 0.1) is 11.3 Å². The Bertz CT molecular complexity index is 1010. The van der Waals surface area contributed by atoms with Gasteiger partial charge in [0.05, 0.1) is 25.0 Å². The molecule has 5 heterocycles. The molecule has 0 aliphatic carbocycles. The van der Waals surface area contributed by atoms with Crippen LogP contribution in [0.4, 0.5) is 9.93 Å². The summed E-state index contributed by atoms with van der Waals surface area (Å²) in [4.78, 5) is 24.0. The van der Waals surface area contributed by atoms with Crippen LogP contribution in [-0.2, 0) is 9.47 Å². The Kier molecular flexibility index (Phi) is 5.58. The van der Waals surface area contributed by atoms with Crippen molar-refractivity contribution in [3.05, 3.63) is 17.8 Å². The number of fused-ring (bicyclic) bond motifs is 1. The highest BCUT2D eigenvalue weighted by Crippen LogP contribution is 2.41. The average molecular weight is 445 g/mol. The Morgan fingerprint density at radius 3 is 2.94 bits per heavy atom. The summed E-state index contributed by atoms with van der Waals surface area (Å²) >= 11 is 1.47. The smallest absolute Gasteiger partial charge is 0.323 e. The molecule has 31 heavy (non-hydrogen) atoms. The molecule has 0 aromatic carbocycles. The third-order valence-corrected chi connectivity index (χ3v) is 7.71. The van der Waals surface area contributed by atoms with Crippen molar-refractivity contribution in [2.75, 3.05) is 51.9 Å². The maximum Gasteiger partial charge on any atom is 0.323 e. The Labute approximate surface area is 185 Å². The second-order valence-electron chi connectivity index (χ2n) is 8.69. The quantitative estimate of drug-likeness (QED) is 0.775. The number of rotatable bonds is 3. The molecular formula is C22H28N4O4S. The lowest BCUT2D eigenvalue weighted by Gasteiger charge is -2.33. The molecular weight excluding hydrogens is 416 g/mol. The van der Waals surface area contributed by atoms with Gasteiger partial charge in [-0.1, -0.05) is 24.3 Å². The minimum Gasteiger partial charge on any atom is -0.479 e. The van der Waals surface area contributed by atoms with E-state index in [1.807, 2.05) is 11.1 Å². The summed E-state index contributed by atoms with van der Waals surface area (Å²) in [6.07, 6.45) is 7.04. The first kappa shape index (κ1) is 20.7. The minimum absolute atomic E-state index is 0.0884. The standard InChI is InChI=1S/C22H28N4O4S/c1-14-12-30-8-3-15(14)16-11-23-19(28-2)17-18(16)31-20(24-17)25-21(27)26-7-4-22(13-26)5-9-29-10-6-22/h3,11,14H,4-10,12-13H2,1-2H3,(H,24,25,27). The Morgan fingerprint density at radius 2 is 2.16 bits per heavy atom. The highest BCUT2D eigenvalue weighted by Gasteiger charge is 2.41. The van der Waals surface area contributed by atoms with Crippen LogP contribution < -0.4 is 10.1 Å². The number of hydrogen-bond donors (Lipinski definition) is 1. The van der Waals surface area contributed by atoms with E-state index in [1.54, 1.807) is 7.11 Å². The van der Waals surface area contributed by atoms with E-state index in [2.05, 4.69) is 28.3 Å². The predicted molar refractivity (Wildman–Crippen MR) is 120 cm³/mol. The van der Waals surface area contributed by atoms with E-state index in [9.17, 15) is 4.79 Å². The average Bonchev–Trinajstić information content (AvgIpc) is 3.39. The van der Waals surface area contributed by atoms with Gasteiger partial charge in [-0.3, -0.25) is 5.32 Å². The molecule has 1 atom stereocenters. The van der Waals surface area contributed by atoms with Crippen molar-refractivity contribution < 1.29 is 19.0 Å². The number of nitrogens with one attached hydrogen (secondary N) is 1. The van der Waals surface area contributed by atoms with Crippen LogP contribution in [-0.4, -0.2) is 67.5 Å². The highest BCUT2D eigenvalue weighted by molar-refractivity contribution is 7.22. The molecule has 2 saturated heterocycles. The molecule has 0 bridgehead atoms. The molecule has 8 nitrogen and oxygen atoms in total. The summed E-state index contributed by atoms with van der Waals surface area (Å²) in [5.41, 5.74) is 3.14. The zero-order chi connectivity index (χ0) is 21.4. The molecule has 2 amide bonds. The van der Waals surface area contributed by atoms with E-state index in [-0.39, 0.29) is 17.4 Å². The van der Waals surface area contributed by atoms with Gasteiger partial charge < -0.3 is 19.1 Å². The molecule has 3 aliphatic heterocycles. The number of carbonyl (C=O) groups is 1. The number of carbonyl (C=O) groups excluding carboxylic acids is 1. The normalized spacial score (nSPS) is 23.2.